The summed E-state index contributed by atoms with van der Waals surface area (Å²) in [6.45, 7) is 4.86. The minimum absolute atomic E-state index is 0.0726. The van der Waals surface area contributed by atoms with Gasteiger partial charge in [-0.3, -0.25) is 4.90 Å². The Morgan fingerprint density at radius 3 is 3.00 bits per heavy atom. The van der Waals surface area contributed by atoms with Crippen LogP contribution in [-0.4, -0.2) is 68.3 Å². The van der Waals surface area contributed by atoms with Crippen LogP contribution in [0.15, 0.2) is 11.6 Å². The second kappa shape index (κ2) is 5.92. The highest BCUT2D eigenvalue weighted by molar-refractivity contribution is 7.88. The Bertz CT molecular complexity index is 575. The highest BCUT2D eigenvalue weighted by Crippen LogP contribution is 2.34. The summed E-state index contributed by atoms with van der Waals surface area (Å²) in [5.74, 6) is 0. The molecule has 0 unspecified atom stereocenters. The first-order valence-electron chi connectivity index (χ1n) is 7.11. The van der Waals surface area contributed by atoms with Crippen LogP contribution in [0.4, 0.5) is 0 Å². The van der Waals surface area contributed by atoms with Gasteiger partial charge in [0.15, 0.2) is 0 Å². The zero-order valence-electron chi connectivity index (χ0n) is 12.2. The third-order valence-corrected chi connectivity index (χ3v) is 6.25. The number of hydrogen-bond donors (Lipinski definition) is 0. The molecule has 1 aromatic rings. The lowest BCUT2D eigenvalue weighted by Crippen LogP contribution is -2.42. The SMILES string of the molecule is CS(=O)(=O)N1CCOC[C@]2(CCN(Cc3nccs3)C2)C1. The zero-order valence-corrected chi connectivity index (χ0v) is 13.8. The molecule has 0 N–H and O–H groups in total. The average molecular weight is 331 g/mol. The molecule has 8 heteroatoms. The van der Waals surface area contributed by atoms with Crippen molar-refractivity contribution in [2.24, 2.45) is 5.41 Å². The van der Waals surface area contributed by atoms with Crippen LogP contribution in [0.1, 0.15) is 11.4 Å². The van der Waals surface area contributed by atoms with Gasteiger partial charge < -0.3 is 4.74 Å². The van der Waals surface area contributed by atoms with Crippen LogP contribution in [0, 0.1) is 5.41 Å². The van der Waals surface area contributed by atoms with E-state index in [0.29, 0.717) is 26.3 Å². The third-order valence-electron chi connectivity index (χ3n) is 4.23. The summed E-state index contributed by atoms with van der Waals surface area (Å²) in [4.78, 5) is 6.68. The van der Waals surface area contributed by atoms with E-state index < -0.39 is 10.0 Å². The van der Waals surface area contributed by atoms with Crippen LogP contribution >= 0.6 is 11.3 Å². The van der Waals surface area contributed by atoms with E-state index in [2.05, 4.69) is 9.88 Å². The van der Waals surface area contributed by atoms with Gasteiger partial charge in [-0.05, 0) is 13.0 Å². The first kappa shape index (κ1) is 15.4. The molecule has 2 fully saturated rings. The summed E-state index contributed by atoms with van der Waals surface area (Å²) in [7, 11) is -3.16. The zero-order chi connectivity index (χ0) is 14.9. The van der Waals surface area contributed by atoms with Crippen LogP contribution < -0.4 is 0 Å². The molecule has 3 heterocycles. The molecule has 118 valence electrons. The first-order chi connectivity index (χ1) is 9.97. The molecule has 6 nitrogen and oxygen atoms in total. The highest BCUT2D eigenvalue weighted by atomic mass is 32.2. The number of sulfonamides is 1. The monoisotopic (exact) mass is 331 g/mol. The van der Waals surface area contributed by atoms with Gasteiger partial charge >= 0.3 is 0 Å². The number of nitrogens with zero attached hydrogens (tertiary/aromatic N) is 3. The van der Waals surface area contributed by atoms with Crippen molar-refractivity contribution in [2.75, 3.05) is 45.6 Å². The number of ether oxygens (including phenoxy) is 1. The third kappa shape index (κ3) is 3.62. The van der Waals surface area contributed by atoms with Crippen LogP contribution in [0.25, 0.3) is 0 Å². The number of hydrogen-bond acceptors (Lipinski definition) is 6. The second-order valence-electron chi connectivity index (χ2n) is 6.04. The fraction of sp³-hybridized carbons (Fsp3) is 0.769. The summed E-state index contributed by atoms with van der Waals surface area (Å²) in [5, 5.41) is 3.10. The normalized spacial score (nSPS) is 29.0. The molecular formula is C13H21N3O3S2. The van der Waals surface area contributed by atoms with Gasteiger partial charge in [0.1, 0.15) is 5.01 Å². The minimum atomic E-state index is -3.16. The Balaban J connectivity index is 1.69. The van der Waals surface area contributed by atoms with E-state index in [4.69, 9.17) is 4.74 Å². The fourth-order valence-corrected chi connectivity index (χ4v) is 4.74. The number of aromatic nitrogens is 1. The molecule has 0 bridgehead atoms. The van der Waals surface area contributed by atoms with Crippen molar-refractivity contribution in [3.05, 3.63) is 16.6 Å². The van der Waals surface area contributed by atoms with E-state index in [1.54, 1.807) is 15.6 Å². The van der Waals surface area contributed by atoms with E-state index in [9.17, 15) is 8.42 Å². The van der Waals surface area contributed by atoms with Gasteiger partial charge in [0.25, 0.3) is 0 Å². The quantitative estimate of drug-likeness (QED) is 0.813. The summed E-state index contributed by atoms with van der Waals surface area (Å²) in [6, 6.07) is 0. The van der Waals surface area contributed by atoms with E-state index in [1.807, 2.05) is 11.6 Å². The molecule has 0 aromatic carbocycles. The van der Waals surface area contributed by atoms with E-state index in [1.165, 1.54) is 6.26 Å². The molecule has 0 aliphatic carbocycles. The Labute approximate surface area is 129 Å². The van der Waals surface area contributed by atoms with Gasteiger partial charge in [-0.2, -0.15) is 4.31 Å². The van der Waals surface area contributed by atoms with Crippen molar-refractivity contribution >= 4 is 21.4 Å². The van der Waals surface area contributed by atoms with E-state index in [0.717, 1.165) is 31.1 Å². The molecule has 2 aliphatic rings. The van der Waals surface area contributed by atoms with Crippen LogP contribution in [0.3, 0.4) is 0 Å². The Hall–Kier alpha value is -0.540. The van der Waals surface area contributed by atoms with Crippen LogP contribution in [0.2, 0.25) is 0 Å². The van der Waals surface area contributed by atoms with Gasteiger partial charge in [-0.15, -0.1) is 11.3 Å². The van der Waals surface area contributed by atoms with Gasteiger partial charge in [-0.25, -0.2) is 13.4 Å². The first-order valence-corrected chi connectivity index (χ1v) is 9.83. The standard InChI is InChI=1S/C13H21N3O3S2/c1-21(17,18)16-5-6-19-11-13(10-16)2-4-15(9-13)8-12-14-3-7-20-12/h3,7H,2,4-6,8-11H2,1H3/t13-/m0/s1. The molecule has 1 atom stereocenters. The second-order valence-corrected chi connectivity index (χ2v) is 9.00. The van der Waals surface area contributed by atoms with Gasteiger partial charge in [-0.1, -0.05) is 0 Å². The lowest BCUT2D eigenvalue weighted by Gasteiger charge is -2.30. The maximum absolute atomic E-state index is 11.9. The summed E-state index contributed by atoms with van der Waals surface area (Å²) < 4.78 is 31.0. The predicted molar refractivity (Wildman–Crippen MR) is 81.7 cm³/mol. The number of likely N-dealkylation sites (tertiary alicyclic amines) is 1. The number of rotatable bonds is 3. The van der Waals surface area contributed by atoms with Gasteiger partial charge in [0.2, 0.25) is 10.0 Å². The largest absolute Gasteiger partial charge is 0.379 e. The molecule has 0 radical (unpaired) electrons. The molecule has 2 saturated heterocycles. The van der Waals surface area contributed by atoms with Crippen LogP contribution in [0.5, 0.6) is 0 Å². The molecular weight excluding hydrogens is 310 g/mol. The van der Waals surface area contributed by atoms with E-state index >= 15 is 0 Å². The molecule has 3 rings (SSSR count). The van der Waals surface area contributed by atoms with E-state index in [-0.39, 0.29) is 5.41 Å². The summed E-state index contributed by atoms with van der Waals surface area (Å²) in [6.07, 6.45) is 4.09. The van der Waals surface area contributed by atoms with Crippen molar-refractivity contribution < 1.29 is 13.2 Å². The topological polar surface area (TPSA) is 62.7 Å². The Morgan fingerprint density at radius 2 is 2.29 bits per heavy atom. The molecule has 1 aromatic heterocycles. The molecule has 0 saturated carbocycles. The van der Waals surface area contributed by atoms with Crippen molar-refractivity contribution in [3.63, 3.8) is 0 Å². The lowest BCUT2D eigenvalue weighted by atomic mass is 9.88. The summed E-state index contributed by atoms with van der Waals surface area (Å²) >= 11 is 1.66. The smallest absolute Gasteiger partial charge is 0.211 e. The maximum atomic E-state index is 11.9. The highest BCUT2D eigenvalue weighted by Gasteiger charge is 2.42. The minimum Gasteiger partial charge on any atom is -0.379 e. The Kier molecular flexibility index (Phi) is 4.33. The van der Waals surface area contributed by atoms with Crippen LogP contribution in [-0.2, 0) is 21.3 Å². The average Bonchev–Trinajstić information content (AvgIpc) is 2.98. The molecule has 2 aliphatic heterocycles. The van der Waals surface area contributed by atoms with Crippen molar-refractivity contribution in [1.29, 1.82) is 0 Å². The lowest BCUT2D eigenvalue weighted by molar-refractivity contribution is 0.0721. The Morgan fingerprint density at radius 1 is 1.43 bits per heavy atom. The van der Waals surface area contributed by atoms with Crippen molar-refractivity contribution in [1.82, 2.24) is 14.2 Å². The maximum Gasteiger partial charge on any atom is 0.211 e. The summed E-state index contributed by atoms with van der Waals surface area (Å²) in [5.41, 5.74) is -0.0726. The van der Waals surface area contributed by atoms with Gasteiger partial charge in [0.05, 0.1) is 26.0 Å². The number of thiazole rings is 1. The fourth-order valence-electron chi connectivity index (χ4n) is 3.17. The van der Waals surface area contributed by atoms with Crippen molar-refractivity contribution in [2.45, 2.75) is 13.0 Å². The predicted octanol–water partition coefficient (Wildman–Crippen LogP) is 0.627. The van der Waals surface area contributed by atoms with Crippen molar-refractivity contribution in [3.8, 4) is 0 Å². The van der Waals surface area contributed by atoms with Gasteiger partial charge in [0, 0.05) is 36.6 Å². The molecule has 21 heavy (non-hydrogen) atoms. The molecule has 1 spiro atoms. The molecule has 0 amide bonds.